The minimum atomic E-state index is -3.23. The third-order valence-corrected chi connectivity index (χ3v) is 7.91. The number of ether oxygens (including phenoxy) is 1. The first kappa shape index (κ1) is 21.2. The number of fused-ring (bicyclic) bond motifs is 1. The van der Waals surface area contributed by atoms with Crippen LogP contribution in [0.15, 0.2) is 18.2 Å². The second kappa shape index (κ2) is 8.23. The fourth-order valence-electron chi connectivity index (χ4n) is 5.01. The van der Waals surface area contributed by atoms with Gasteiger partial charge in [0.25, 0.3) is 5.91 Å². The van der Waals surface area contributed by atoms with Crippen LogP contribution in [0.1, 0.15) is 54.2 Å². The topological polar surface area (TPSA) is 71.8 Å². The smallest absolute Gasteiger partial charge is 0.256 e. The minimum Gasteiger partial charge on any atom is -0.497 e. The van der Waals surface area contributed by atoms with Gasteiger partial charge in [-0.15, -0.1) is 0 Å². The van der Waals surface area contributed by atoms with E-state index in [1.807, 2.05) is 19.1 Å². The number of carbonyl (C=O) groups excluding carboxylic acids is 1. The standard InChI is InChI=1S/C22H31N3O4S/c1-16-21(22(26)23-11-13-24(14-12-23)30(3,27)28)19-15-18(29-2)9-10-20(19)25(16)17-7-5-4-6-8-17/h9-10,15,17H,4-8,11-14H2,1-3H3. The molecule has 1 aromatic carbocycles. The van der Waals surface area contributed by atoms with Crippen molar-refractivity contribution in [2.45, 2.75) is 45.1 Å². The van der Waals surface area contributed by atoms with Crippen molar-refractivity contribution in [2.75, 3.05) is 39.5 Å². The largest absolute Gasteiger partial charge is 0.497 e. The van der Waals surface area contributed by atoms with Gasteiger partial charge in [0.15, 0.2) is 0 Å². The lowest BCUT2D eigenvalue weighted by Gasteiger charge is -2.33. The number of amides is 1. The number of methoxy groups -OCH3 is 1. The molecule has 2 aromatic rings. The van der Waals surface area contributed by atoms with E-state index < -0.39 is 10.0 Å². The summed E-state index contributed by atoms with van der Waals surface area (Å²) in [6, 6.07) is 6.40. The number of rotatable bonds is 4. The van der Waals surface area contributed by atoms with E-state index in [1.165, 1.54) is 29.8 Å². The van der Waals surface area contributed by atoms with E-state index in [2.05, 4.69) is 10.6 Å². The van der Waals surface area contributed by atoms with Crippen molar-refractivity contribution in [3.05, 3.63) is 29.5 Å². The number of hydrogen-bond acceptors (Lipinski definition) is 4. The zero-order valence-corrected chi connectivity index (χ0v) is 18.9. The van der Waals surface area contributed by atoms with Crippen molar-refractivity contribution in [3.8, 4) is 5.75 Å². The monoisotopic (exact) mass is 433 g/mol. The van der Waals surface area contributed by atoms with E-state index in [9.17, 15) is 13.2 Å². The number of aromatic nitrogens is 1. The van der Waals surface area contributed by atoms with Crippen LogP contribution in [-0.4, -0.2) is 67.6 Å². The van der Waals surface area contributed by atoms with Crippen molar-refractivity contribution >= 4 is 26.8 Å². The van der Waals surface area contributed by atoms with Gasteiger partial charge in [0.2, 0.25) is 10.0 Å². The van der Waals surface area contributed by atoms with Gasteiger partial charge in [-0.05, 0) is 38.0 Å². The van der Waals surface area contributed by atoms with Crippen LogP contribution in [0.2, 0.25) is 0 Å². The van der Waals surface area contributed by atoms with E-state index in [0.29, 0.717) is 32.2 Å². The molecule has 2 fully saturated rings. The molecule has 1 saturated heterocycles. The maximum absolute atomic E-state index is 13.6. The molecule has 30 heavy (non-hydrogen) atoms. The second-order valence-electron chi connectivity index (χ2n) is 8.46. The molecule has 2 aliphatic rings. The molecule has 1 aliphatic heterocycles. The third kappa shape index (κ3) is 3.83. The van der Waals surface area contributed by atoms with Gasteiger partial charge in [-0.2, -0.15) is 4.31 Å². The molecule has 0 N–H and O–H groups in total. The predicted octanol–water partition coefficient (Wildman–Crippen LogP) is 3.18. The SMILES string of the molecule is COc1ccc2c(c1)c(C(=O)N1CCN(S(C)(=O)=O)CC1)c(C)n2C1CCCCC1. The number of carbonyl (C=O) groups is 1. The summed E-state index contributed by atoms with van der Waals surface area (Å²) in [6.45, 7) is 3.54. The number of piperazine rings is 1. The quantitative estimate of drug-likeness (QED) is 0.742. The normalized spacial score (nSPS) is 19.4. The summed E-state index contributed by atoms with van der Waals surface area (Å²) in [5.74, 6) is 0.715. The van der Waals surface area contributed by atoms with Gasteiger partial charge in [-0.3, -0.25) is 4.79 Å². The molecule has 1 aliphatic carbocycles. The predicted molar refractivity (Wildman–Crippen MR) is 118 cm³/mol. The van der Waals surface area contributed by atoms with Crippen molar-refractivity contribution in [1.82, 2.24) is 13.8 Å². The highest BCUT2D eigenvalue weighted by atomic mass is 32.2. The Kier molecular flexibility index (Phi) is 5.81. The van der Waals surface area contributed by atoms with E-state index >= 15 is 0 Å². The molecule has 0 radical (unpaired) electrons. The van der Waals surface area contributed by atoms with Crippen LogP contribution in [0, 0.1) is 6.92 Å². The first-order valence-corrected chi connectivity index (χ1v) is 12.6. The number of nitrogens with zero attached hydrogens (tertiary/aromatic N) is 3. The summed E-state index contributed by atoms with van der Waals surface area (Å²) >= 11 is 0. The maximum atomic E-state index is 13.6. The fourth-order valence-corrected chi connectivity index (χ4v) is 5.84. The van der Waals surface area contributed by atoms with E-state index in [1.54, 1.807) is 12.0 Å². The lowest BCUT2D eigenvalue weighted by Crippen LogP contribution is -2.50. The second-order valence-corrected chi connectivity index (χ2v) is 10.4. The molecule has 7 nitrogen and oxygen atoms in total. The molecule has 0 spiro atoms. The Hall–Kier alpha value is -2.06. The summed E-state index contributed by atoms with van der Waals surface area (Å²) in [6.07, 6.45) is 7.21. The highest BCUT2D eigenvalue weighted by Gasteiger charge is 2.31. The molecule has 8 heteroatoms. The van der Waals surface area contributed by atoms with Crippen molar-refractivity contribution in [1.29, 1.82) is 0 Å². The lowest BCUT2D eigenvalue weighted by atomic mass is 9.95. The number of benzene rings is 1. The van der Waals surface area contributed by atoms with Gasteiger partial charge in [-0.25, -0.2) is 8.42 Å². The van der Waals surface area contributed by atoms with E-state index in [4.69, 9.17) is 4.74 Å². The summed E-state index contributed by atoms with van der Waals surface area (Å²) in [5, 5.41) is 0.924. The minimum absolute atomic E-state index is 0.0199. The first-order chi connectivity index (χ1) is 14.3. The van der Waals surface area contributed by atoms with Gasteiger partial charge in [0.1, 0.15) is 5.75 Å². The maximum Gasteiger partial charge on any atom is 0.256 e. The summed E-state index contributed by atoms with van der Waals surface area (Å²) < 4.78 is 32.9. The Morgan fingerprint density at radius 2 is 1.73 bits per heavy atom. The Balaban J connectivity index is 1.72. The van der Waals surface area contributed by atoms with Crippen LogP contribution >= 0.6 is 0 Å². The molecule has 1 aromatic heterocycles. The molecule has 0 unspecified atom stereocenters. The van der Waals surface area contributed by atoms with Crippen molar-refractivity contribution in [3.63, 3.8) is 0 Å². The van der Waals surface area contributed by atoms with Gasteiger partial charge in [-0.1, -0.05) is 19.3 Å². The fraction of sp³-hybridized carbons (Fsp3) is 0.591. The molecular weight excluding hydrogens is 402 g/mol. The molecule has 0 bridgehead atoms. The molecule has 2 heterocycles. The summed E-state index contributed by atoms with van der Waals surface area (Å²) in [4.78, 5) is 15.4. The summed E-state index contributed by atoms with van der Waals surface area (Å²) in [7, 11) is -1.59. The van der Waals surface area contributed by atoms with Crippen LogP contribution in [0.5, 0.6) is 5.75 Å². The zero-order chi connectivity index (χ0) is 21.5. The zero-order valence-electron chi connectivity index (χ0n) is 18.1. The lowest BCUT2D eigenvalue weighted by molar-refractivity contribution is 0.0699. The molecule has 0 atom stereocenters. The highest BCUT2D eigenvalue weighted by molar-refractivity contribution is 7.88. The summed E-state index contributed by atoms with van der Waals surface area (Å²) in [5.41, 5.74) is 2.81. The molecule has 1 saturated carbocycles. The molecule has 4 rings (SSSR count). The van der Waals surface area contributed by atoms with E-state index in [0.717, 1.165) is 40.8 Å². The van der Waals surface area contributed by atoms with Crippen LogP contribution < -0.4 is 4.74 Å². The van der Waals surface area contributed by atoms with Gasteiger partial charge < -0.3 is 14.2 Å². The Morgan fingerprint density at radius 1 is 1.07 bits per heavy atom. The third-order valence-electron chi connectivity index (χ3n) is 6.60. The molecule has 1 amide bonds. The van der Waals surface area contributed by atoms with Crippen LogP contribution in [-0.2, 0) is 10.0 Å². The molecule has 164 valence electrons. The average molecular weight is 434 g/mol. The number of hydrogen-bond donors (Lipinski definition) is 0. The van der Waals surface area contributed by atoms with Crippen LogP contribution in [0.4, 0.5) is 0 Å². The van der Waals surface area contributed by atoms with Crippen molar-refractivity contribution < 1.29 is 17.9 Å². The van der Waals surface area contributed by atoms with E-state index in [-0.39, 0.29) is 5.91 Å². The number of sulfonamides is 1. The van der Waals surface area contributed by atoms with Gasteiger partial charge >= 0.3 is 0 Å². The van der Waals surface area contributed by atoms with Crippen molar-refractivity contribution in [2.24, 2.45) is 0 Å². The Morgan fingerprint density at radius 3 is 2.33 bits per heavy atom. The molecular formula is C22H31N3O4S. The van der Waals surface area contributed by atoms with Crippen LogP contribution in [0.3, 0.4) is 0 Å². The van der Waals surface area contributed by atoms with Gasteiger partial charge in [0.05, 0.1) is 18.9 Å². The average Bonchev–Trinajstić information content (AvgIpc) is 3.04. The van der Waals surface area contributed by atoms with Crippen LogP contribution in [0.25, 0.3) is 10.9 Å². The Bertz CT molecular complexity index is 1050. The first-order valence-electron chi connectivity index (χ1n) is 10.7. The highest BCUT2D eigenvalue weighted by Crippen LogP contribution is 2.37. The van der Waals surface area contributed by atoms with Gasteiger partial charge in [0, 0.05) is 48.8 Å². The Labute approximate surface area is 178 Å².